The average Bonchev–Trinajstić information content (AvgIpc) is 1.64. The fourth-order valence-corrected chi connectivity index (χ4v) is 13.7. The highest BCUT2D eigenvalue weighted by Crippen LogP contribution is 2.47. The highest BCUT2D eigenvalue weighted by molar-refractivity contribution is 6.14. The summed E-state index contributed by atoms with van der Waals surface area (Å²) in [6, 6.07) is 112. The second-order valence-corrected chi connectivity index (χ2v) is 23.1. The second kappa shape index (κ2) is 21.6. The number of hydrogen-bond acceptors (Lipinski definition) is 3. The molecule has 0 saturated carbocycles. The molecule has 0 N–H and O–H groups in total. The van der Waals surface area contributed by atoms with E-state index in [1.807, 2.05) is 48.5 Å². The summed E-state index contributed by atoms with van der Waals surface area (Å²) in [6.45, 7) is 7.94. The molecule has 0 atom stereocenters. The summed E-state index contributed by atoms with van der Waals surface area (Å²) >= 11 is 0. The molecule has 13 aromatic carbocycles. The molecule has 91 heavy (non-hydrogen) atoms. The van der Waals surface area contributed by atoms with E-state index in [1.54, 1.807) is 0 Å². The number of fused-ring (bicyclic) bond motifs is 9. The van der Waals surface area contributed by atoms with E-state index in [4.69, 9.17) is 16.5 Å². The summed E-state index contributed by atoms with van der Waals surface area (Å²) < 4.78 is 7.19. The fourth-order valence-electron chi connectivity index (χ4n) is 13.7. The minimum absolute atomic E-state index is 0.580. The summed E-state index contributed by atoms with van der Waals surface area (Å²) in [5.41, 5.74) is 23.1. The van der Waals surface area contributed by atoms with E-state index in [2.05, 4.69) is 285 Å². The van der Waals surface area contributed by atoms with Crippen molar-refractivity contribution in [3.05, 3.63) is 326 Å². The van der Waals surface area contributed by atoms with E-state index in [0.29, 0.717) is 17.1 Å². The molecule has 0 bridgehead atoms. The minimum atomic E-state index is 0.580. The third-order valence-corrected chi connectivity index (χ3v) is 17.9. The van der Waals surface area contributed by atoms with Crippen molar-refractivity contribution in [1.29, 1.82) is 5.26 Å². The Morgan fingerprint density at radius 3 is 1.13 bits per heavy atom. The van der Waals surface area contributed by atoms with Crippen molar-refractivity contribution in [2.24, 2.45) is 0 Å². The lowest BCUT2D eigenvalue weighted by atomic mass is 9.92. The summed E-state index contributed by atoms with van der Waals surface area (Å²) in [6.07, 6.45) is 0. The van der Waals surface area contributed by atoms with Crippen LogP contribution in [0.1, 0.15) is 5.56 Å². The van der Waals surface area contributed by atoms with Crippen LogP contribution in [-0.2, 0) is 0 Å². The van der Waals surface area contributed by atoms with Crippen LogP contribution in [0, 0.1) is 17.9 Å². The topological polar surface area (TPSA) is 68.7 Å². The molecule has 0 spiro atoms. The number of rotatable bonds is 10. The standard InChI is InChI=1S/C84H51N7/c1-86-64-25-17-24-60(47-64)62-39-45-82-74(49-62)73-48-61(59-23-16-18-54(46-59)53-85)38-44-81(73)91(82)83-71(55-34-40-65(41-35-55)89-77-30-12-8-26-67(77)68-27-9-13-31-78(68)89)50-63(84-87-75(57-19-4-2-5-20-57)52-76(88-84)58-21-6-3-7-22-58)51-72(83)56-36-42-66(43-37-56)90-79-32-14-10-28-69(79)70-29-11-15-33-80(70)90/h2-52H. The summed E-state index contributed by atoms with van der Waals surface area (Å²) in [5.74, 6) is 0.593. The van der Waals surface area contributed by atoms with Crippen molar-refractivity contribution < 1.29 is 0 Å². The number of aromatic nitrogens is 5. The first kappa shape index (κ1) is 52.6. The predicted octanol–water partition coefficient (Wildman–Crippen LogP) is 21.9. The molecule has 0 aliphatic carbocycles. The SMILES string of the molecule is [C-]#[N+]c1cccc(-c2ccc3c(c2)c2cc(-c4cccc(C#N)c4)ccc2n3-c2c(-c3ccc(-n4c5ccccc5c5ccccc54)cc3)cc(-c3nc(-c4ccccc4)cc(-c4ccccc4)n3)cc2-c2ccc(-n3c4ccccc4c4ccccc43)cc2)c1. The van der Waals surface area contributed by atoms with Gasteiger partial charge < -0.3 is 13.7 Å². The zero-order chi connectivity index (χ0) is 60.5. The maximum Gasteiger partial charge on any atom is 0.187 e. The molecule has 4 aromatic heterocycles. The first-order valence-corrected chi connectivity index (χ1v) is 30.5. The lowest BCUT2D eigenvalue weighted by molar-refractivity contribution is 1.16. The Morgan fingerprint density at radius 2 is 0.681 bits per heavy atom. The van der Waals surface area contributed by atoms with Crippen LogP contribution in [0.3, 0.4) is 0 Å². The van der Waals surface area contributed by atoms with Crippen LogP contribution in [0.2, 0.25) is 0 Å². The van der Waals surface area contributed by atoms with Crippen LogP contribution in [0.25, 0.3) is 166 Å². The second-order valence-electron chi connectivity index (χ2n) is 23.1. The quantitative estimate of drug-likeness (QED) is 0.128. The van der Waals surface area contributed by atoms with Crippen molar-refractivity contribution in [3.63, 3.8) is 0 Å². The average molecular weight is 1160 g/mol. The Kier molecular flexibility index (Phi) is 12.5. The van der Waals surface area contributed by atoms with Gasteiger partial charge in [0.1, 0.15) is 0 Å². The van der Waals surface area contributed by atoms with Crippen LogP contribution >= 0.6 is 0 Å². The monoisotopic (exact) mass is 1160 g/mol. The summed E-state index contributed by atoms with van der Waals surface area (Å²) in [7, 11) is 0. The Balaban J connectivity index is 0.978. The third-order valence-electron chi connectivity index (χ3n) is 17.9. The van der Waals surface area contributed by atoms with Crippen LogP contribution < -0.4 is 0 Å². The predicted molar refractivity (Wildman–Crippen MR) is 374 cm³/mol. The lowest BCUT2D eigenvalue weighted by Crippen LogP contribution is -2.03. The number of nitriles is 1. The van der Waals surface area contributed by atoms with Gasteiger partial charge in [-0.2, -0.15) is 5.26 Å². The molecule has 0 aliphatic heterocycles. The van der Waals surface area contributed by atoms with Crippen LogP contribution in [0.5, 0.6) is 0 Å². The van der Waals surface area contributed by atoms with E-state index in [9.17, 15) is 5.26 Å². The van der Waals surface area contributed by atoms with Crippen molar-refractivity contribution in [2.75, 3.05) is 0 Å². The van der Waals surface area contributed by atoms with Gasteiger partial charge in [-0.3, -0.25) is 0 Å². The van der Waals surface area contributed by atoms with Crippen LogP contribution in [0.15, 0.2) is 309 Å². The van der Waals surface area contributed by atoms with Crippen molar-refractivity contribution >= 4 is 71.1 Å². The van der Waals surface area contributed by atoms with Crippen LogP contribution in [-0.4, -0.2) is 23.7 Å². The zero-order valence-electron chi connectivity index (χ0n) is 49.1. The molecule has 17 rings (SSSR count). The van der Waals surface area contributed by atoms with E-state index >= 15 is 0 Å². The normalized spacial score (nSPS) is 11.5. The molecule has 0 fully saturated rings. The molecular weight excluding hydrogens is 1110 g/mol. The molecule has 0 aliphatic rings. The molecule has 4 heterocycles. The van der Waals surface area contributed by atoms with Gasteiger partial charge in [-0.15, -0.1) is 0 Å². The molecule has 0 radical (unpaired) electrons. The molecule has 7 heteroatoms. The smallest absolute Gasteiger partial charge is 0.187 e. The minimum Gasteiger partial charge on any atom is -0.309 e. The van der Waals surface area contributed by atoms with Crippen molar-refractivity contribution in [3.8, 4) is 102 Å². The Bertz CT molecular complexity index is 5380. The zero-order valence-corrected chi connectivity index (χ0v) is 49.1. The molecule has 17 aromatic rings. The van der Waals surface area contributed by atoms with Gasteiger partial charge in [-0.05, 0) is 143 Å². The first-order valence-electron chi connectivity index (χ1n) is 30.5. The maximum atomic E-state index is 10.1. The summed E-state index contributed by atoms with van der Waals surface area (Å²) in [5, 5.41) is 17.0. The van der Waals surface area contributed by atoms with Crippen molar-refractivity contribution in [1.82, 2.24) is 23.7 Å². The highest BCUT2D eigenvalue weighted by Gasteiger charge is 2.25. The van der Waals surface area contributed by atoms with Gasteiger partial charge in [0.05, 0.1) is 68.4 Å². The van der Waals surface area contributed by atoms with Gasteiger partial charge in [0, 0.05) is 71.5 Å². The highest BCUT2D eigenvalue weighted by atomic mass is 15.0. The Labute approximate surface area is 525 Å². The molecular formula is C84H51N7. The van der Waals surface area contributed by atoms with Gasteiger partial charge >= 0.3 is 0 Å². The summed E-state index contributed by atoms with van der Waals surface area (Å²) in [4.78, 5) is 14.8. The van der Waals surface area contributed by atoms with Crippen LogP contribution in [0.4, 0.5) is 5.69 Å². The maximum absolute atomic E-state index is 10.1. The van der Waals surface area contributed by atoms with Gasteiger partial charge in [-0.1, -0.05) is 200 Å². The molecule has 7 nitrogen and oxygen atoms in total. The Hall–Kier alpha value is -12.7. The molecule has 0 unspecified atom stereocenters. The lowest BCUT2D eigenvalue weighted by Gasteiger charge is -2.22. The first-order chi connectivity index (χ1) is 45.0. The molecule has 422 valence electrons. The van der Waals surface area contributed by atoms with E-state index in [1.165, 1.54) is 21.5 Å². The van der Waals surface area contributed by atoms with Gasteiger partial charge in [0.25, 0.3) is 0 Å². The number of para-hydroxylation sites is 4. The van der Waals surface area contributed by atoms with Gasteiger partial charge in [0.15, 0.2) is 11.5 Å². The van der Waals surface area contributed by atoms with E-state index < -0.39 is 0 Å². The van der Waals surface area contributed by atoms with E-state index in [0.717, 1.165) is 134 Å². The molecule has 0 saturated heterocycles. The number of nitrogens with zero attached hydrogens (tertiary/aromatic N) is 7. The third kappa shape index (κ3) is 8.96. The molecule has 0 amide bonds. The van der Waals surface area contributed by atoms with Gasteiger partial charge in [0.2, 0.25) is 0 Å². The van der Waals surface area contributed by atoms with Crippen molar-refractivity contribution in [2.45, 2.75) is 0 Å². The van der Waals surface area contributed by atoms with Gasteiger partial charge in [-0.25, -0.2) is 14.8 Å². The largest absolute Gasteiger partial charge is 0.309 e. The number of benzene rings is 13. The Morgan fingerprint density at radius 1 is 0.297 bits per heavy atom. The van der Waals surface area contributed by atoms with E-state index in [-0.39, 0.29) is 0 Å². The number of hydrogen-bond donors (Lipinski definition) is 0. The fraction of sp³-hybridized carbons (Fsp3) is 0.